The molecular weight excluding hydrogens is 246 g/mol. The second-order valence-corrected chi connectivity index (χ2v) is 3.69. The summed E-state index contributed by atoms with van der Waals surface area (Å²) in [6.07, 6.45) is -0.314. The summed E-state index contributed by atoms with van der Waals surface area (Å²) in [6, 6.07) is 1.49. The van der Waals surface area contributed by atoms with Crippen LogP contribution in [0.15, 0.2) is 18.2 Å². The van der Waals surface area contributed by atoms with E-state index in [0.717, 1.165) is 12.1 Å². The first-order valence-corrected chi connectivity index (χ1v) is 5.13. The van der Waals surface area contributed by atoms with E-state index in [4.69, 9.17) is 10.8 Å². The Bertz CT molecular complexity index is 445. The fraction of sp³-hybridized carbons (Fsp3) is 0.273. The largest absolute Gasteiger partial charge is 0.481 e. The molecule has 0 aliphatic heterocycles. The minimum atomic E-state index is -1.07. The summed E-state index contributed by atoms with van der Waals surface area (Å²) in [4.78, 5) is 21.8. The van der Waals surface area contributed by atoms with Crippen molar-refractivity contribution in [2.75, 3.05) is 5.32 Å². The Labute approximate surface area is 102 Å². The lowest BCUT2D eigenvalue weighted by atomic mass is 10.1. The van der Waals surface area contributed by atoms with Gasteiger partial charge in [0.25, 0.3) is 0 Å². The Morgan fingerprint density at radius 1 is 1.28 bits per heavy atom. The van der Waals surface area contributed by atoms with Gasteiger partial charge in [0.05, 0.1) is 6.04 Å². The van der Waals surface area contributed by atoms with Gasteiger partial charge in [-0.05, 0) is 18.6 Å². The van der Waals surface area contributed by atoms with Gasteiger partial charge in [-0.2, -0.15) is 0 Å². The third kappa shape index (κ3) is 4.46. The molecular formula is C11H12F2N2O3. The van der Waals surface area contributed by atoms with Gasteiger partial charge in [-0.1, -0.05) is 0 Å². The van der Waals surface area contributed by atoms with Gasteiger partial charge in [0.2, 0.25) is 5.91 Å². The number of benzene rings is 1. The van der Waals surface area contributed by atoms with Crippen LogP contribution in [0.1, 0.15) is 12.8 Å². The van der Waals surface area contributed by atoms with Crippen molar-refractivity contribution < 1.29 is 23.5 Å². The molecule has 18 heavy (non-hydrogen) atoms. The lowest BCUT2D eigenvalue weighted by molar-refractivity contribution is -0.137. The van der Waals surface area contributed by atoms with Crippen LogP contribution in [0, 0.1) is 11.6 Å². The van der Waals surface area contributed by atoms with Crippen molar-refractivity contribution >= 4 is 17.6 Å². The Morgan fingerprint density at radius 2 is 1.83 bits per heavy atom. The highest BCUT2D eigenvalue weighted by Gasteiger charge is 2.15. The van der Waals surface area contributed by atoms with Crippen LogP contribution in [0.4, 0.5) is 14.5 Å². The number of rotatable bonds is 5. The fourth-order valence-electron chi connectivity index (χ4n) is 1.27. The predicted octanol–water partition coefficient (Wildman–Crippen LogP) is 1.10. The Kier molecular flexibility index (Phi) is 4.73. The molecule has 0 saturated heterocycles. The molecule has 0 heterocycles. The minimum Gasteiger partial charge on any atom is -0.481 e. The smallest absolute Gasteiger partial charge is 0.303 e. The van der Waals surface area contributed by atoms with Crippen LogP contribution < -0.4 is 11.1 Å². The molecule has 0 spiro atoms. The normalized spacial score (nSPS) is 11.9. The topological polar surface area (TPSA) is 92.4 Å². The summed E-state index contributed by atoms with van der Waals surface area (Å²) in [6.45, 7) is 0. The molecule has 1 atom stereocenters. The number of carboxylic acid groups (broad SMARTS) is 1. The number of anilines is 1. The number of nitrogens with two attached hydrogens (primary N) is 1. The van der Waals surface area contributed by atoms with E-state index in [0.29, 0.717) is 6.07 Å². The number of carbonyl (C=O) groups is 2. The summed E-state index contributed by atoms with van der Waals surface area (Å²) >= 11 is 0. The first kappa shape index (κ1) is 14.0. The van der Waals surface area contributed by atoms with Crippen molar-refractivity contribution in [1.29, 1.82) is 0 Å². The maximum Gasteiger partial charge on any atom is 0.303 e. The fourth-order valence-corrected chi connectivity index (χ4v) is 1.27. The van der Waals surface area contributed by atoms with Gasteiger partial charge in [0.15, 0.2) is 0 Å². The molecule has 1 amide bonds. The molecule has 4 N–H and O–H groups in total. The molecule has 0 bridgehead atoms. The molecule has 1 aromatic carbocycles. The zero-order valence-electron chi connectivity index (χ0n) is 9.32. The van der Waals surface area contributed by atoms with Crippen molar-refractivity contribution in [1.82, 2.24) is 0 Å². The number of hydrogen-bond donors (Lipinski definition) is 3. The Balaban J connectivity index is 2.60. The monoisotopic (exact) mass is 258 g/mol. The summed E-state index contributed by atoms with van der Waals surface area (Å²) in [5.41, 5.74) is 5.36. The number of hydrogen-bond acceptors (Lipinski definition) is 3. The van der Waals surface area contributed by atoms with Crippen molar-refractivity contribution in [2.45, 2.75) is 18.9 Å². The molecule has 1 aromatic rings. The highest BCUT2D eigenvalue weighted by molar-refractivity contribution is 5.94. The lowest BCUT2D eigenvalue weighted by Crippen LogP contribution is -2.36. The van der Waals surface area contributed by atoms with Crippen LogP contribution in [-0.2, 0) is 9.59 Å². The van der Waals surface area contributed by atoms with E-state index in [2.05, 4.69) is 5.32 Å². The number of carbonyl (C=O) groups excluding carboxylic acids is 1. The van der Waals surface area contributed by atoms with E-state index in [1.165, 1.54) is 0 Å². The number of nitrogens with one attached hydrogen (secondary N) is 1. The van der Waals surface area contributed by atoms with Gasteiger partial charge in [0, 0.05) is 18.2 Å². The summed E-state index contributed by atoms with van der Waals surface area (Å²) in [7, 11) is 0. The van der Waals surface area contributed by atoms with Crippen molar-refractivity contribution in [2.24, 2.45) is 5.73 Å². The molecule has 0 aromatic heterocycles. The molecule has 0 fully saturated rings. The molecule has 7 heteroatoms. The second kappa shape index (κ2) is 6.06. The Hall–Kier alpha value is -2.02. The molecule has 0 saturated carbocycles. The van der Waals surface area contributed by atoms with Gasteiger partial charge in [-0.15, -0.1) is 0 Å². The standard InChI is InChI=1S/C11H12F2N2O3/c12-6-3-7(13)5-8(4-6)15-11(18)9(14)1-2-10(16)17/h3-5,9H,1-2,14H2,(H,15,18)(H,16,17). The van der Waals surface area contributed by atoms with Crippen molar-refractivity contribution in [3.63, 3.8) is 0 Å². The maximum absolute atomic E-state index is 12.8. The predicted molar refractivity (Wildman–Crippen MR) is 59.8 cm³/mol. The van der Waals surface area contributed by atoms with E-state index >= 15 is 0 Å². The van der Waals surface area contributed by atoms with E-state index in [1.807, 2.05) is 0 Å². The molecule has 1 rings (SSSR count). The van der Waals surface area contributed by atoms with E-state index in [9.17, 15) is 18.4 Å². The lowest BCUT2D eigenvalue weighted by Gasteiger charge is -2.11. The van der Waals surface area contributed by atoms with Gasteiger partial charge < -0.3 is 16.2 Å². The molecule has 0 aliphatic rings. The molecule has 1 unspecified atom stereocenters. The zero-order valence-corrected chi connectivity index (χ0v) is 9.32. The maximum atomic E-state index is 12.8. The average Bonchev–Trinajstić information content (AvgIpc) is 2.24. The minimum absolute atomic E-state index is 0.0566. The van der Waals surface area contributed by atoms with E-state index in [1.54, 1.807) is 0 Å². The SMILES string of the molecule is NC(CCC(=O)O)C(=O)Nc1cc(F)cc(F)c1. The number of amides is 1. The second-order valence-electron chi connectivity index (χ2n) is 3.69. The first-order valence-electron chi connectivity index (χ1n) is 5.13. The van der Waals surface area contributed by atoms with Crippen molar-refractivity contribution in [3.05, 3.63) is 29.8 Å². The summed E-state index contributed by atoms with van der Waals surface area (Å²) < 4.78 is 25.7. The van der Waals surface area contributed by atoms with E-state index in [-0.39, 0.29) is 18.5 Å². The molecule has 0 radical (unpaired) electrons. The molecule has 0 aliphatic carbocycles. The van der Waals surface area contributed by atoms with Crippen LogP contribution in [0.3, 0.4) is 0 Å². The number of aliphatic carboxylic acids is 1. The highest BCUT2D eigenvalue weighted by atomic mass is 19.1. The third-order valence-corrected chi connectivity index (χ3v) is 2.14. The van der Waals surface area contributed by atoms with Gasteiger partial charge in [-0.25, -0.2) is 8.78 Å². The van der Waals surface area contributed by atoms with Crippen LogP contribution in [0.2, 0.25) is 0 Å². The van der Waals surface area contributed by atoms with Crippen LogP contribution in [-0.4, -0.2) is 23.0 Å². The first-order chi connectivity index (χ1) is 8.38. The number of carboxylic acids is 1. The van der Waals surface area contributed by atoms with Gasteiger partial charge in [-0.3, -0.25) is 9.59 Å². The highest BCUT2D eigenvalue weighted by Crippen LogP contribution is 2.13. The molecule has 5 nitrogen and oxygen atoms in total. The quantitative estimate of drug-likeness (QED) is 0.737. The molecule has 98 valence electrons. The third-order valence-electron chi connectivity index (χ3n) is 2.14. The van der Waals surface area contributed by atoms with Gasteiger partial charge in [0.1, 0.15) is 11.6 Å². The van der Waals surface area contributed by atoms with Crippen LogP contribution >= 0.6 is 0 Å². The Morgan fingerprint density at radius 3 is 2.33 bits per heavy atom. The van der Waals surface area contributed by atoms with Crippen LogP contribution in [0.25, 0.3) is 0 Å². The summed E-state index contributed by atoms with van der Waals surface area (Å²) in [5, 5.41) is 10.6. The summed E-state index contributed by atoms with van der Waals surface area (Å²) in [5.74, 6) is -3.43. The zero-order chi connectivity index (χ0) is 13.7. The van der Waals surface area contributed by atoms with Crippen LogP contribution in [0.5, 0.6) is 0 Å². The average molecular weight is 258 g/mol. The van der Waals surface area contributed by atoms with E-state index < -0.39 is 29.6 Å². The van der Waals surface area contributed by atoms with Gasteiger partial charge >= 0.3 is 5.97 Å². The van der Waals surface area contributed by atoms with Crippen molar-refractivity contribution in [3.8, 4) is 0 Å². The number of halogens is 2.